The Labute approximate surface area is 206 Å². The molecule has 1 aliphatic rings. The third-order valence-electron chi connectivity index (χ3n) is 5.10. The van der Waals surface area contributed by atoms with E-state index in [4.69, 9.17) is 9.73 Å². The third kappa shape index (κ3) is 7.16. The predicted octanol–water partition coefficient (Wildman–Crippen LogP) is 4.12. The van der Waals surface area contributed by atoms with Crippen LogP contribution in [0.4, 0.5) is 4.39 Å². The van der Waals surface area contributed by atoms with Gasteiger partial charge < -0.3 is 20.3 Å². The molecule has 0 bridgehead atoms. The summed E-state index contributed by atoms with van der Waals surface area (Å²) in [6.07, 6.45) is -0.131. The molecule has 1 fully saturated rings. The largest absolute Gasteiger partial charge is 0.367 e. The molecule has 32 heavy (non-hydrogen) atoms. The summed E-state index contributed by atoms with van der Waals surface area (Å²) < 4.78 is 19.4. The Morgan fingerprint density at radius 1 is 1.06 bits per heavy atom. The second-order valence-electron chi connectivity index (χ2n) is 7.62. The van der Waals surface area contributed by atoms with Crippen LogP contribution in [0.3, 0.4) is 0 Å². The second kappa shape index (κ2) is 12.7. The van der Waals surface area contributed by atoms with E-state index in [1.165, 1.54) is 12.1 Å². The van der Waals surface area contributed by atoms with Crippen molar-refractivity contribution in [3.63, 3.8) is 0 Å². The molecule has 174 valence electrons. The number of ether oxygens (including phenoxy) is 1. The normalized spacial score (nSPS) is 18.6. The minimum Gasteiger partial charge on any atom is -0.367 e. The number of nitrogens with one attached hydrogen (secondary N) is 2. The van der Waals surface area contributed by atoms with Gasteiger partial charge in [-0.15, -0.1) is 24.0 Å². The molecule has 0 aliphatic carbocycles. The average Bonchev–Trinajstić information content (AvgIpc) is 2.77. The van der Waals surface area contributed by atoms with Gasteiger partial charge in [-0.25, -0.2) is 9.38 Å². The van der Waals surface area contributed by atoms with Crippen LogP contribution >= 0.6 is 24.0 Å². The van der Waals surface area contributed by atoms with Gasteiger partial charge in [-0.2, -0.15) is 0 Å². The van der Waals surface area contributed by atoms with Crippen molar-refractivity contribution in [1.29, 1.82) is 0 Å². The fraction of sp³-hybridized carbons (Fsp3) is 0.417. The number of guanidine groups is 1. The molecule has 0 saturated carbocycles. The number of halogens is 2. The Balaban J connectivity index is 0.00000363. The first-order valence-corrected chi connectivity index (χ1v) is 10.8. The highest BCUT2D eigenvalue weighted by molar-refractivity contribution is 14.0. The lowest BCUT2D eigenvalue weighted by Crippen LogP contribution is -2.50. The number of hydrogen-bond donors (Lipinski definition) is 2. The third-order valence-corrected chi connectivity index (χ3v) is 5.10. The Morgan fingerprint density at radius 2 is 1.72 bits per heavy atom. The molecule has 1 heterocycles. The van der Waals surface area contributed by atoms with Gasteiger partial charge in [-0.1, -0.05) is 24.3 Å². The van der Waals surface area contributed by atoms with Gasteiger partial charge in [-0.05, 0) is 56.2 Å². The fourth-order valence-corrected chi connectivity index (χ4v) is 3.60. The summed E-state index contributed by atoms with van der Waals surface area (Å²) in [6.45, 7) is 9.19. The van der Waals surface area contributed by atoms with Crippen molar-refractivity contribution < 1.29 is 13.9 Å². The van der Waals surface area contributed by atoms with E-state index in [2.05, 4.69) is 15.5 Å². The molecular formula is C24H32FIN4O2. The predicted molar refractivity (Wildman–Crippen MR) is 136 cm³/mol. The van der Waals surface area contributed by atoms with Gasteiger partial charge in [0.2, 0.25) is 0 Å². The molecule has 1 aliphatic heterocycles. The van der Waals surface area contributed by atoms with Crippen molar-refractivity contribution in [2.75, 3.05) is 26.2 Å². The molecule has 2 unspecified atom stereocenters. The lowest BCUT2D eigenvalue weighted by molar-refractivity contribution is -0.0605. The molecule has 2 aromatic rings. The number of carbonyl (C=O) groups is 1. The number of nitrogens with zero attached hydrogens (tertiary/aromatic N) is 2. The van der Waals surface area contributed by atoms with Crippen molar-refractivity contribution in [2.45, 2.75) is 39.5 Å². The van der Waals surface area contributed by atoms with Crippen LogP contribution < -0.4 is 10.6 Å². The van der Waals surface area contributed by atoms with Crippen LogP contribution in [0.15, 0.2) is 53.5 Å². The summed E-state index contributed by atoms with van der Waals surface area (Å²) in [5, 5.41) is 6.17. The van der Waals surface area contributed by atoms with Gasteiger partial charge in [-0.3, -0.25) is 4.79 Å². The molecule has 6 nitrogen and oxygen atoms in total. The van der Waals surface area contributed by atoms with Crippen LogP contribution in [0.5, 0.6) is 0 Å². The highest BCUT2D eigenvalue weighted by atomic mass is 127. The number of aliphatic imine (C=N–C) groups is 1. The summed E-state index contributed by atoms with van der Waals surface area (Å²) in [7, 11) is 0. The first-order chi connectivity index (χ1) is 15.0. The summed E-state index contributed by atoms with van der Waals surface area (Å²) in [5.74, 6) is 0.496. The summed E-state index contributed by atoms with van der Waals surface area (Å²) >= 11 is 0. The van der Waals surface area contributed by atoms with Crippen LogP contribution in [-0.2, 0) is 11.3 Å². The number of morpholine rings is 1. The fourth-order valence-electron chi connectivity index (χ4n) is 3.60. The van der Waals surface area contributed by atoms with Crippen molar-refractivity contribution in [3.8, 4) is 0 Å². The Morgan fingerprint density at radius 3 is 2.34 bits per heavy atom. The topological polar surface area (TPSA) is 66.0 Å². The maximum Gasteiger partial charge on any atom is 0.251 e. The number of carbonyl (C=O) groups excluding carboxylic acids is 1. The zero-order valence-corrected chi connectivity index (χ0v) is 21.1. The molecule has 1 amide bonds. The van der Waals surface area contributed by atoms with Crippen LogP contribution in [-0.4, -0.2) is 49.0 Å². The van der Waals surface area contributed by atoms with E-state index in [0.29, 0.717) is 25.2 Å². The number of hydrogen-bond acceptors (Lipinski definition) is 3. The number of rotatable bonds is 6. The molecule has 0 radical (unpaired) electrons. The van der Waals surface area contributed by atoms with Crippen molar-refractivity contribution in [3.05, 3.63) is 71.0 Å². The summed E-state index contributed by atoms with van der Waals surface area (Å²) in [4.78, 5) is 18.9. The molecule has 8 heteroatoms. The van der Waals surface area contributed by atoms with Gasteiger partial charge in [0.15, 0.2) is 5.96 Å². The van der Waals surface area contributed by atoms with Crippen LogP contribution in [0.25, 0.3) is 0 Å². The Hall–Kier alpha value is -2.20. The monoisotopic (exact) mass is 554 g/mol. The molecule has 2 atom stereocenters. The van der Waals surface area contributed by atoms with Crippen molar-refractivity contribution in [2.24, 2.45) is 4.99 Å². The molecule has 3 rings (SSSR count). The van der Waals surface area contributed by atoms with Gasteiger partial charge in [0, 0.05) is 25.2 Å². The first-order valence-electron chi connectivity index (χ1n) is 10.8. The minimum absolute atomic E-state index is 0. The quantitative estimate of drug-likeness (QED) is 0.321. The zero-order valence-electron chi connectivity index (χ0n) is 18.8. The maximum absolute atomic E-state index is 13.3. The SMILES string of the molecule is CCNC(=O)c1ccc(CN=C(NCC)N2CC(C)OC(c3ccc(F)cc3)C2)cc1.I. The number of amides is 1. The highest BCUT2D eigenvalue weighted by Gasteiger charge is 2.28. The Kier molecular flexibility index (Phi) is 10.4. The molecule has 1 saturated heterocycles. The second-order valence-corrected chi connectivity index (χ2v) is 7.62. The van der Waals surface area contributed by atoms with E-state index in [9.17, 15) is 9.18 Å². The standard InChI is InChI=1S/C24H31FN4O2.HI/c1-4-26-23(30)20-8-6-18(7-9-20)14-28-24(27-5-2)29-15-17(3)31-22(16-29)19-10-12-21(25)13-11-19;/h6-13,17,22H,4-5,14-16H2,1-3H3,(H,26,30)(H,27,28);1H. The average molecular weight is 554 g/mol. The highest BCUT2D eigenvalue weighted by Crippen LogP contribution is 2.25. The lowest BCUT2D eigenvalue weighted by atomic mass is 10.1. The Bertz CT molecular complexity index is 890. The van der Waals surface area contributed by atoms with E-state index < -0.39 is 0 Å². The van der Waals surface area contributed by atoms with E-state index >= 15 is 0 Å². The van der Waals surface area contributed by atoms with E-state index in [-0.39, 0.29) is 47.9 Å². The van der Waals surface area contributed by atoms with Crippen molar-refractivity contribution >= 4 is 35.8 Å². The van der Waals surface area contributed by atoms with Crippen LogP contribution in [0, 0.1) is 5.82 Å². The van der Waals surface area contributed by atoms with Crippen LogP contribution in [0.2, 0.25) is 0 Å². The molecule has 2 N–H and O–H groups in total. The summed E-state index contributed by atoms with van der Waals surface area (Å²) in [5.41, 5.74) is 2.63. The van der Waals surface area contributed by atoms with E-state index in [1.54, 1.807) is 12.1 Å². The van der Waals surface area contributed by atoms with Gasteiger partial charge in [0.05, 0.1) is 19.2 Å². The zero-order chi connectivity index (χ0) is 22.2. The van der Waals surface area contributed by atoms with Gasteiger partial charge in [0.1, 0.15) is 11.9 Å². The molecule has 0 spiro atoms. The van der Waals surface area contributed by atoms with Gasteiger partial charge >= 0.3 is 0 Å². The minimum atomic E-state index is -0.252. The maximum atomic E-state index is 13.3. The lowest BCUT2D eigenvalue weighted by Gasteiger charge is -2.38. The van der Waals surface area contributed by atoms with Crippen molar-refractivity contribution in [1.82, 2.24) is 15.5 Å². The molecular weight excluding hydrogens is 522 g/mol. The van der Waals surface area contributed by atoms with E-state index in [0.717, 1.165) is 30.2 Å². The molecule has 0 aromatic heterocycles. The first kappa shape index (κ1) is 26.1. The summed E-state index contributed by atoms with van der Waals surface area (Å²) in [6, 6.07) is 14.0. The van der Waals surface area contributed by atoms with E-state index in [1.807, 2.05) is 45.0 Å². The van der Waals surface area contributed by atoms with Crippen LogP contribution in [0.1, 0.15) is 48.4 Å². The van der Waals surface area contributed by atoms with Gasteiger partial charge in [0.25, 0.3) is 5.91 Å². The smallest absolute Gasteiger partial charge is 0.251 e. The number of benzene rings is 2. The molecule has 2 aromatic carbocycles.